The topological polar surface area (TPSA) is 501 Å². The average Bonchev–Trinajstić information content (AvgIpc) is 3.37. The second kappa shape index (κ2) is 30.8. The van der Waals surface area contributed by atoms with E-state index in [4.69, 9.17) is 20.1 Å². The maximum Gasteiger partial charge on any atom is 0.296 e. The van der Waals surface area contributed by atoms with Crippen molar-refractivity contribution in [3.8, 4) is 0 Å². The molecule has 0 saturated carbocycles. The number of benzene rings is 4. The molecule has 4 aromatic carbocycles. The van der Waals surface area contributed by atoms with Crippen LogP contribution in [0.2, 0.25) is 0 Å². The van der Waals surface area contributed by atoms with Gasteiger partial charge in [-0.1, -0.05) is 39.4 Å². The zero-order valence-electron chi connectivity index (χ0n) is 43.4. The molecule has 0 aliphatic rings. The third kappa shape index (κ3) is 20.8. The predicted octanol–water partition coefficient (Wildman–Crippen LogP) is 4.67. The van der Waals surface area contributed by atoms with Crippen molar-refractivity contribution in [2.24, 2.45) is 0 Å². The number of hydrogen-bond acceptors (Lipinski definition) is 34. The minimum Gasteiger partial charge on any atom is -0.392 e. The molecule has 84 heavy (non-hydrogen) atoms. The van der Waals surface area contributed by atoms with E-state index in [0.29, 0.717) is 36.1 Å². The van der Waals surface area contributed by atoms with E-state index >= 15 is 0 Å². The maximum absolute atomic E-state index is 13.0. The lowest BCUT2D eigenvalue weighted by molar-refractivity contribution is -0.432. The Kier molecular flexibility index (Phi) is 24.6. The summed E-state index contributed by atoms with van der Waals surface area (Å²) in [5.41, 5.74) is -0.0564. The standard InChI is InChI=1S/C44H52N12O22S6/c1-23(57)19-45-20-30(60)16-39-50-40(52-42(51-39)49-34-17-31(79-76-73-61)10-13-37(34)83(67,68)69)46-28-8-6-26(36(14-28)81-78-75-63)4-5-27-7-9-29(15-38(27)84(70,71)72)47-41-53-43(55-44(54-41)56(21-24(2)58)22-25(3)59)48-33-18-32(82(64,65)66)11-12-35(33)80-77-74-62/h4-15,17-18,23-25,30,45,57-63H,16,19-22H2,1-3H3,(H,64,65,66)(H,67,68,69)(H,70,71,72)(H2,46,49,50,51,52)(H2,47,48,53,54,55). The molecule has 456 valence electrons. The van der Waals surface area contributed by atoms with Crippen LogP contribution in [0.5, 0.6) is 0 Å². The van der Waals surface area contributed by atoms with Gasteiger partial charge in [0.05, 0.1) is 81.7 Å². The van der Waals surface area contributed by atoms with Crippen molar-refractivity contribution >= 4 is 131 Å². The van der Waals surface area contributed by atoms with E-state index in [1.165, 1.54) is 86.4 Å². The van der Waals surface area contributed by atoms with Crippen LogP contribution in [0.1, 0.15) is 37.7 Å². The highest BCUT2D eigenvalue weighted by atomic mass is 32.2. The summed E-state index contributed by atoms with van der Waals surface area (Å²) in [6.07, 6.45) is -1.40. The molecule has 2 aromatic heterocycles. The van der Waals surface area contributed by atoms with Crippen molar-refractivity contribution < 1.29 is 103 Å². The van der Waals surface area contributed by atoms with Gasteiger partial charge in [-0.15, -0.1) is 13.0 Å². The first-order chi connectivity index (χ1) is 39.7. The SMILES string of the molecule is CC(O)CNCC(O)Cc1nc(Nc2ccc(C=Cc3ccc(Nc4nc(Nc5cc(S(=O)(=O)O)ccc5SOOO)nc(N(CC(C)O)CC(C)O)n4)cc3S(=O)(=O)O)c(SOOO)c2)nc(Nc2cc(SOOO)ccc2S(=O)(=O)O)n1. The number of anilines is 9. The third-order valence-corrected chi connectivity index (χ3v) is 15.1. The van der Waals surface area contributed by atoms with Crippen molar-refractivity contribution in [2.45, 2.75) is 81.0 Å². The molecule has 4 atom stereocenters. The van der Waals surface area contributed by atoms with Crippen LogP contribution in [0.25, 0.3) is 12.2 Å². The summed E-state index contributed by atoms with van der Waals surface area (Å²) in [7, 11) is -14.7. The Morgan fingerprint density at radius 2 is 1.07 bits per heavy atom. The molecule has 34 nitrogen and oxygen atoms in total. The largest absolute Gasteiger partial charge is 0.392 e. The van der Waals surface area contributed by atoms with Gasteiger partial charge in [0.1, 0.15) is 15.6 Å². The quantitative estimate of drug-likeness (QED) is 0.00875. The van der Waals surface area contributed by atoms with Gasteiger partial charge in [-0.3, -0.25) is 13.7 Å². The summed E-state index contributed by atoms with van der Waals surface area (Å²) < 4.78 is 119. The molecule has 0 radical (unpaired) electrons. The second-order valence-corrected chi connectivity index (χ2v) is 23.9. The lowest BCUT2D eigenvalue weighted by Gasteiger charge is -2.26. The third-order valence-electron chi connectivity index (χ3n) is 10.5. The summed E-state index contributed by atoms with van der Waals surface area (Å²) in [5, 5.41) is 92.9. The van der Waals surface area contributed by atoms with E-state index in [9.17, 15) is 59.3 Å². The van der Waals surface area contributed by atoms with Gasteiger partial charge in [0, 0.05) is 53.8 Å². The molecule has 0 aliphatic heterocycles. The Bertz CT molecular complexity index is 3590. The minimum absolute atomic E-state index is 0.0139. The maximum atomic E-state index is 13.0. The first-order valence-electron chi connectivity index (χ1n) is 23.6. The summed E-state index contributed by atoms with van der Waals surface area (Å²) in [5.74, 6) is -1.41. The summed E-state index contributed by atoms with van der Waals surface area (Å²) in [6, 6.07) is 14.7. The molecular formula is C44H52N12O22S6. The van der Waals surface area contributed by atoms with Crippen molar-refractivity contribution in [2.75, 3.05) is 52.3 Å². The summed E-state index contributed by atoms with van der Waals surface area (Å²) in [6.45, 7) is 4.30. The van der Waals surface area contributed by atoms with Gasteiger partial charge in [-0.2, -0.15) is 55.2 Å². The van der Waals surface area contributed by atoms with Gasteiger partial charge in [0.2, 0.25) is 29.7 Å². The number of rotatable bonds is 33. The minimum atomic E-state index is -5.04. The molecule has 0 amide bonds. The van der Waals surface area contributed by atoms with E-state index in [2.05, 4.69) is 80.3 Å². The van der Waals surface area contributed by atoms with Crippen LogP contribution in [0.4, 0.5) is 52.5 Å². The highest BCUT2D eigenvalue weighted by Crippen LogP contribution is 2.35. The monoisotopic (exact) mass is 1290 g/mol. The van der Waals surface area contributed by atoms with Gasteiger partial charge in [-0.05, 0) is 92.6 Å². The number of nitrogens with one attached hydrogen (secondary N) is 5. The molecule has 2 heterocycles. The highest BCUT2D eigenvalue weighted by molar-refractivity contribution is 7.95. The number of aliphatic hydroxyl groups is 4. The molecule has 0 saturated heterocycles. The van der Waals surface area contributed by atoms with E-state index < -0.39 is 69.5 Å². The molecular weight excluding hydrogens is 1240 g/mol. The van der Waals surface area contributed by atoms with Crippen LogP contribution in [-0.4, -0.2) is 156 Å². The molecule has 6 rings (SSSR count). The number of hydrogen-bond donors (Lipinski definition) is 15. The summed E-state index contributed by atoms with van der Waals surface area (Å²) in [4.78, 5) is 26.0. The molecule has 4 unspecified atom stereocenters. The average molecular weight is 1290 g/mol. The number of aromatic nitrogens is 6. The Balaban J connectivity index is 1.35. The fraction of sp³-hybridized carbons (Fsp3) is 0.273. The predicted molar refractivity (Wildman–Crippen MR) is 299 cm³/mol. The van der Waals surface area contributed by atoms with Gasteiger partial charge in [0.25, 0.3) is 30.4 Å². The Morgan fingerprint density at radius 3 is 1.65 bits per heavy atom. The number of nitrogens with zero attached hydrogens (tertiary/aromatic N) is 7. The van der Waals surface area contributed by atoms with Crippen LogP contribution >= 0.6 is 36.1 Å². The molecule has 0 fully saturated rings. The van der Waals surface area contributed by atoms with Crippen molar-refractivity contribution in [3.05, 3.63) is 89.7 Å². The van der Waals surface area contributed by atoms with Crippen LogP contribution < -0.4 is 31.5 Å². The zero-order chi connectivity index (χ0) is 61.4. The van der Waals surface area contributed by atoms with Crippen LogP contribution in [0.3, 0.4) is 0 Å². The zero-order valence-corrected chi connectivity index (χ0v) is 48.3. The van der Waals surface area contributed by atoms with E-state index in [0.717, 1.165) is 24.3 Å². The lowest BCUT2D eigenvalue weighted by Crippen LogP contribution is -2.37. The Morgan fingerprint density at radius 1 is 0.536 bits per heavy atom. The van der Waals surface area contributed by atoms with Crippen LogP contribution in [0.15, 0.2) is 102 Å². The number of aliphatic hydroxyl groups excluding tert-OH is 4. The molecule has 0 bridgehead atoms. The van der Waals surface area contributed by atoms with E-state index in [-0.39, 0.29) is 117 Å². The van der Waals surface area contributed by atoms with Crippen LogP contribution in [0, 0.1) is 0 Å². The molecule has 40 heteroatoms. The Hall–Kier alpha value is -6.14. The Labute approximate surface area is 490 Å². The summed E-state index contributed by atoms with van der Waals surface area (Å²) >= 11 is 1.35. The first-order valence-corrected chi connectivity index (χ1v) is 30.1. The molecule has 0 spiro atoms. The van der Waals surface area contributed by atoms with Crippen molar-refractivity contribution in [3.63, 3.8) is 0 Å². The van der Waals surface area contributed by atoms with Gasteiger partial charge < -0.3 is 51.9 Å². The van der Waals surface area contributed by atoms with Gasteiger partial charge >= 0.3 is 0 Å². The van der Waals surface area contributed by atoms with E-state index in [1.807, 2.05) is 0 Å². The van der Waals surface area contributed by atoms with Gasteiger partial charge in [-0.25, -0.2) is 15.8 Å². The molecule has 0 aliphatic carbocycles. The normalized spacial score (nSPS) is 13.6. The first kappa shape index (κ1) is 67.0. The van der Waals surface area contributed by atoms with Crippen LogP contribution in [-0.2, 0) is 64.9 Å². The van der Waals surface area contributed by atoms with Crippen molar-refractivity contribution in [1.82, 2.24) is 35.2 Å². The highest BCUT2D eigenvalue weighted by Gasteiger charge is 2.24. The molecule has 15 N–H and O–H groups in total. The van der Waals surface area contributed by atoms with Crippen molar-refractivity contribution in [1.29, 1.82) is 0 Å². The fourth-order valence-electron chi connectivity index (χ4n) is 7.21. The van der Waals surface area contributed by atoms with E-state index in [1.54, 1.807) is 0 Å². The second-order valence-electron chi connectivity index (χ2n) is 17.4. The smallest absolute Gasteiger partial charge is 0.296 e. The molecule has 6 aromatic rings. The van der Waals surface area contributed by atoms with Gasteiger partial charge in [0.15, 0.2) is 0 Å². The lowest BCUT2D eigenvalue weighted by atomic mass is 10.1. The fourth-order valence-corrected chi connectivity index (χ4v) is 10.4.